The van der Waals surface area contributed by atoms with Gasteiger partial charge >= 0.3 is 0 Å². The van der Waals surface area contributed by atoms with Crippen LogP contribution in [-0.2, 0) is 9.59 Å². The average Bonchev–Trinajstić information content (AvgIpc) is 2.93. The Kier molecular flexibility index (Phi) is 9.38. The van der Waals surface area contributed by atoms with Gasteiger partial charge in [-0.05, 0) is 66.6 Å². The molecule has 188 valence electrons. The van der Waals surface area contributed by atoms with Crippen molar-refractivity contribution >= 4 is 35.0 Å². The number of para-hydroxylation sites is 1. The Morgan fingerprint density at radius 1 is 0.757 bits per heavy atom. The molecule has 1 atom stereocenters. The number of hydrogen-bond acceptors (Lipinski definition) is 4. The molecule has 0 aliphatic carbocycles. The summed E-state index contributed by atoms with van der Waals surface area (Å²) in [5.74, 6) is 1.31. The minimum absolute atomic E-state index is 0.000966. The lowest BCUT2D eigenvalue weighted by Crippen LogP contribution is -2.19. The second-order valence-electron chi connectivity index (χ2n) is 8.52. The topological polar surface area (TPSA) is 67.4 Å². The summed E-state index contributed by atoms with van der Waals surface area (Å²) in [6.07, 6.45) is 2.33. The highest BCUT2D eigenvalue weighted by Crippen LogP contribution is 2.37. The number of carbonyl (C=O) groups excluding carboxylic acids is 2. The second-order valence-corrected chi connectivity index (χ2v) is 9.70. The second kappa shape index (κ2) is 13.3. The predicted molar refractivity (Wildman–Crippen MR) is 151 cm³/mol. The molecule has 4 rings (SSSR count). The maximum absolute atomic E-state index is 13.4. The smallest absolute Gasteiger partial charge is 0.242 e. The highest BCUT2D eigenvalue weighted by atomic mass is 32.2. The fraction of sp³-hybridized carbons (Fsp3) is 0.161. The summed E-state index contributed by atoms with van der Waals surface area (Å²) < 4.78 is 5.85. The molecule has 0 saturated carbocycles. The lowest BCUT2D eigenvalue weighted by Gasteiger charge is -2.18. The molecule has 0 bridgehead atoms. The Morgan fingerprint density at radius 3 is 2.14 bits per heavy atom. The minimum atomic E-state index is -0.479. The van der Waals surface area contributed by atoms with Crippen molar-refractivity contribution in [1.82, 2.24) is 0 Å². The number of rotatable bonds is 11. The van der Waals surface area contributed by atoms with E-state index in [1.807, 2.05) is 109 Å². The molecular formula is C31H30N2O3S. The standard InChI is InChI=1S/C31H30N2O3S/c1-2-3-17-29(34)32-25-13-10-16-28(22-25)37-30(23-11-6-4-7-12-23)31(35)33-24-18-20-27(21-19-24)36-26-14-8-5-9-15-26/h4-16,18-22,30H,2-3,17H2,1H3,(H,32,34)(H,33,35). The van der Waals surface area contributed by atoms with Gasteiger partial charge in [-0.15, -0.1) is 11.8 Å². The summed E-state index contributed by atoms with van der Waals surface area (Å²) in [6.45, 7) is 2.06. The lowest BCUT2D eigenvalue weighted by molar-refractivity contribution is -0.116. The first-order chi connectivity index (χ1) is 18.1. The van der Waals surface area contributed by atoms with Crippen LogP contribution in [0, 0.1) is 0 Å². The third-order valence-corrected chi connectivity index (χ3v) is 6.82. The van der Waals surface area contributed by atoms with E-state index in [2.05, 4.69) is 17.6 Å². The van der Waals surface area contributed by atoms with Crippen LogP contribution >= 0.6 is 11.8 Å². The number of hydrogen-bond donors (Lipinski definition) is 2. The summed E-state index contributed by atoms with van der Waals surface area (Å²) in [5, 5.41) is 5.51. The van der Waals surface area contributed by atoms with Gasteiger partial charge in [0.1, 0.15) is 16.7 Å². The summed E-state index contributed by atoms with van der Waals surface area (Å²) in [7, 11) is 0. The summed E-state index contributed by atoms with van der Waals surface area (Å²) in [5.41, 5.74) is 2.31. The zero-order valence-electron chi connectivity index (χ0n) is 20.7. The molecule has 5 nitrogen and oxygen atoms in total. The monoisotopic (exact) mass is 510 g/mol. The van der Waals surface area contributed by atoms with Crippen molar-refractivity contribution in [3.63, 3.8) is 0 Å². The lowest BCUT2D eigenvalue weighted by atomic mass is 10.1. The van der Waals surface area contributed by atoms with Crippen molar-refractivity contribution in [2.75, 3.05) is 10.6 Å². The Labute approximate surface area is 222 Å². The first kappa shape index (κ1) is 26.0. The molecule has 0 aliphatic rings. The van der Waals surface area contributed by atoms with Gasteiger partial charge in [0, 0.05) is 22.7 Å². The molecule has 4 aromatic rings. The van der Waals surface area contributed by atoms with E-state index in [1.165, 1.54) is 11.8 Å². The molecule has 0 saturated heterocycles. The van der Waals surface area contributed by atoms with Gasteiger partial charge in [0.25, 0.3) is 0 Å². The van der Waals surface area contributed by atoms with Crippen molar-refractivity contribution in [3.8, 4) is 11.5 Å². The van der Waals surface area contributed by atoms with Gasteiger partial charge in [0.2, 0.25) is 11.8 Å². The Balaban J connectivity index is 1.46. The number of amides is 2. The van der Waals surface area contributed by atoms with Crippen molar-refractivity contribution < 1.29 is 14.3 Å². The molecule has 1 unspecified atom stereocenters. The maximum Gasteiger partial charge on any atom is 0.242 e. The highest BCUT2D eigenvalue weighted by molar-refractivity contribution is 8.00. The van der Waals surface area contributed by atoms with E-state index in [0.717, 1.165) is 34.7 Å². The predicted octanol–water partition coefficient (Wildman–Crippen LogP) is 8.08. The average molecular weight is 511 g/mol. The molecule has 0 spiro atoms. The maximum atomic E-state index is 13.4. The van der Waals surface area contributed by atoms with Crippen LogP contribution in [0.15, 0.2) is 114 Å². The summed E-state index contributed by atoms with van der Waals surface area (Å²) in [4.78, 5) is 26.5. The molecule has 0 aliphatic heterocycles. The number of nitrogens with one attached hydrogen (secondary N) is 2. The van der Waals surface area contributed by atoms with Crippen LogP contribution in [0.25, 0.3) is 0 Å². The first-order valence-electron chi connectivity index (χ1n) is 12.4. The fourth-order valence-electron chi connectivity index (χ4n) is 3.68. The van der Waals surface area contributed by atoms with Gasteiger partial charge in [-0.1, -0.05) is 67.9 Å². The van der Waals surface area contributed by atoms with Crippen LogP contribution in [0.3, 0.4) is 0 Å². The molecule has 37 heavy (non-hydrogen) atoms. The number of benzene rings is 4. The van der Waals surface area contributed by atoms with E-state index in [0.29, 0.717) is 17.9 Å². The molecule has 4 aromatic carbocycles. The zero-order chi connectivity index (χ0) is 25.9. The number of carbonyl (C=O) groups is 2. The highest BCUT2D eigenvalue weighted by Gasteiger charge is 2.22. The van der Waals surface area contributed by atoms with Crippen molar-refractivity contribution in [1.29, 1.82) is 0 Å². The van der Waals surface area contributed by atoms with Crippen LogP contribution in [0.5, 0.6) is 11.5 Å². The van der Waals surface area contributed by atoms with Gasteiger partial charge in [-0.25, -0.2) is 0 Å². The van der Waals surface area contributed by atoms with E-state index in [4.69, 9.17) is 4.74 Å². The minimum Gasteiger partial charge on any atom is -0.457 e. The fourth-order valence-corrected chi connectivity index (χ4v) is 4.77. The van der Waals surface area contributed by atoms with Crippen molar-refractivity contribution in [2.24, 2.45) is 0 Å². The molecule has 2 N–H and O–H groups in total. The van der Waals surface area contributed by atoms with Gasteiger partial charge in [-0.2, -0.15) is 0 Å². The summed E-state index contributed by atoms with van der Waals surface area (Å²) in [6, 6.07) is 34.2. The van der Waals surface area contributed by atoms with Gasteiger partial charge in [-0.3, -0.25) is 9.59 Å². The van der Waals surface area contributed by atoms with Crippen LogP contribution in [-0.4, -0.2) is 11.8 Å². The Bertz CT molecular complexity index is 1300. The largest absolute Gasteiger partial charge is 0.457 e. The Morgan fingerprint density at radius 2 is 1.43 bits per heavy atom. The first-order valence-corrected chi connectivity index (χ1v) is 13.2. The third kappa shape index (κ3) is 7.98. The van der Waals surface area contributed by atoms with E-state index < -0.39 is 5.25 Å². The van der Waals surface area contributed by atoms with Crippen molar-refractivity contribution in [2.45, 2.75) is 36.3 Å². The van der Waals surface area contributed by atoms with Crippen LogP contribution in [0.2, 0.25) is 0 Å². The van der Waals surface area contributed by atoms with E-state index in [1.54, 1.807) is 0 Å². The van der Waals surface area contributed by atoms with Gasteiger partial charge in [0.15, 0.2) is 0 Å². The van der Waals surface area contributed by atoms with Gasteiger partial charge < -0.3 is 15.4 Å². The normalized spacial score (nSPS) is 11.4. The molecule has 0 fully saturated rings. The third-order valence-electron chi connectivity index (χ3n) is 5.57. The number of anilines is 2. The molecule has 0 radical (unpaired) electrons. The van der Waals surface area contributed by atoms with Crippen LogP contribution in [0.4, 0.5) is 11.4 Å². The number of unbranched alkanes of at least 4 members (excludes halogenated alkanes) is 1. The molecule has 2 amide bonds. The Hall–Kier alpha value is -4.03. The van der Waals surface area contributed by atoms with E-state index in [9.17, 15) is 9.59 Å². The molecule has 0 aromatic heterocycles. The van der Waals surface area contributed by atoms with Crippen LogP contribution in [0.1, 0.15) is 37.0 Å². The zero-order valence-corrected chi connectivity index (χ0v) is 21.5. The molecular weight excluding hydrogens is 480 g/mol. The molecule has 6 heteroatoms. The van der Waals surface area contributed by atoms with Crippen molar-refractivity contribution in [3.05, 3.63) is 115 Å². The number of ether oxygens (including phenoxy) is 1. The van der Waals surface area contributed by atoms with Gasteiger partial charge in [0.05, 0.1) is 0 Å². The summed E-state index contributed by atoms with van der Waals surface area (Å²) >= 11 is 1.45. The quantitative estimate of drug-likeness (QED) is 0.200. The van der Waals surface area contributed by atoms with E-state index >= 15 is 0 Å². The number of thioether (sulfide) groups is 1. The molecule has 0 heterocycles. The SMILES string of the molecule is CCCCC(=O)Nc1cccc(SC(C(=O)Nc2ccc(Oc3ccccc3)cc2)c2ccccc2)c1. The van der Waals surface area contributed by atoms with E-state index in [-0.39, 0.29) is 11.8 Å². The van der Waals surface area contributed by atoms with Crippen LogP contribution < -0.4 is 15.4 Å².